The van der Waals surface area contributed by atoms with Crippen LogP contribution in [0.15, 0.2) is 53.6 Å². The molecular formula is C25H27FN6O3. The Kier molecular flexibility index (Phi) is 7.49. The van der Waals surface area contributed by atoms with Gasteiger partial charge in [0, 0.05) is 54.5 Å². The monoisotopic (exact) mass is 478 g/mol. The lowest BCUT2D eigenvalue weighted by atomic mass is 9.97. The molecule has 3 amide bonds. The van der Waals surface area contributed by atoms with Crippen molar-refractivity contribution >= 4 is 17.6 Å². The topological polar surface area (TPSA) is 120 Å². The number of carbonyl (C=O) groups excluding carboxylic acids is 2. The molecule has 35 heavy (non-hydrogen) atoms. The average molecular weight is 479 g/mol. The number of hydrogen-bond donors (Lipinski definition) is 3. The third-order valence-electron chi connectivity index (χ3n) is 5.99. The molecule has 3 aromatic rings. The summed E-state index contributed by atoms with van der Waals surface area (Å²) in [5.41, 5.74) is 1.57. The number of rotatable bonds is 6. The minimum atomic E-state index is -0.430. The summed E-state index contributed by atoms with van der Waals surface area (Å²) in [6.07, 6.45) is 4.88. The Morgan fingerprint density at radius 1 is 1.26 bits per heavy atom. The van der Waals surface area contributed by atoms with Gasteiger partial charge in [0.1, 0.15) is 11.6 Å². The van der Waals surface area contributed by atoms with Crippen LogP contribution < -0.4 is 16.2 Å². The van der Waals surface area contributed by atoms with Crippen molar-refractivity contribution < 1.29 is 14.0 Å². The van der Waals surface area contributed by atoms with Gasteiger partial charge in [0.15, 0.2) is 0 Å². The van der Waals surface area contributed by atoms with Crippen LogP contribution in [0.1, 0.15) is 24.1 Å². The zero-order chi connectivity index (χ0) is 24.8. The van der Waals surface area contributed by atoms with Gasteiger partial charge in [-0.1, -0.05) is 6.07 Å². The Morgan fingerprint density at radius 2 is 2.11 bits per heavy atom. The van der Waals surface area contributed by atoms with Crippen molar-refractivity contribution in [2.45, 2.75) is 26.2 Å². The predicted molar refractivity (Wildman–Crippen MR) is 129 cm³/mol. The fraction of sp³-hybridized carbons (Fsp3) is 0.320. The van der Waals surface area contributed by atoms with Gasteiger partial charge in [-0.15, -0.1) is 0 Å². The molecule has 3 heterocycles. The van der Waals surface area contributed by atoms with E-state index in [0.29, 0.717) is 48.0 Å². The number of aryl methyl sites for hydroxylation is 1. The second-order valence-electron chi connectivity index (χ2n) is 8.59. The summed E-state index contributed by atoms with van der Waals surface area (Å²) in [5, 5.41) is 5.39. The number of H-pyrrole nitrogens is 1. The maximum Gasteiger partial charge on any atom is 0.319 e. The number of nitrogens with zero attached hydrogens (tertiary/aromatic N) is 3. The summed E-state index contributed by atoms with van der Waals surface area (Å²) in [6, 6.07) is 8.79. The number of anilines is 1. The van der Waals surface area contributed by atoms with E-state index in [1.165, 1.54) is 18.2 Å². The highest BCUT2D eigenvalue weighted by Gasteiger charge is 2.25. The molecule has 1 aliphatic heterocycles. The Labute approximate surface area is 201 Å². The maximum absolute atomic E-state index is 13.3. The quantitative estimate of drug-likeness (QED) is 0.503. The van der Waals surface area contributed by atoms with Crippen LogP contribution in [0.4, 0.5) is 14.9 Å². The van der Waals surface area contributed by atoms with Crippen molar-refractivity contribution in [1.82, 2.24) is 25.2 Å². The Hall–Kier alpha value is -4.08. The SMILES string of the molecule is Cc1nc(-c2cccnc2)[nH]c(=O)c1CC(=O)N1CCCC(CNC(=O)Nc2cccc(F)c2)C1. The molecule has 1 fully saturated rings. The fourth-order valence-corrected chi connectivity index (χ4v) is 4.16. The zero-order valence-electron chi connectivity index (χ0n) is 19.4. The average Bonchev–Trinajstić information content (AvgIpc) is 2.85. The summed E-state index contributed by atoms with van der Waals surface area (Å²) >= 11 is 0. The molecule has 4 rings (SSSR count). The second-order valence-corrected chi connectivity index (χ2v) is 8.59. The molecular weight excluding hydrogens is 451 g/mol. The lowest BCUT2D eigenvalue weighted by Gasteiger charge is -2.33. The van der Waals surface area contributed by atoms with Crippen LogP contribution in [0.25, 0.3) is 11.4 Å². The normalized spacial score (nSPS) is 15.5. The van der Waals surface area contributed by atoms with Gasteiger partial charge < -0.3 is 20.5 Å². The summed E-state index contributed by atoms with van der Waals surface area (Å²) < 4.78 is 13.3. The molecule has 1 unspecified atom stereocenters. The van der Waals surface area contributed by atoms with Gasteiger partial charge >= 0.3 is 6.03 Å². The number of carbonyl (C=O) groups is 2. The summed E-state index contributed by atoms with van der Waals surface area (Å²) in [6.45, 7) is 3.18. The van der Waals surface area contributed by atoms with Crippen LogP contribution in [0.2, 0.25) is 0 Å². The molecule has 0 saturated carbocycles. The number of urea groups is 1. The standard InChI is InChI=1S/C25H27FN6O3/c1-16-21(24(34)31-23(29-16)18-6-3-9-27-14-18)12-22(33)32-10-4-5-17(15-32)13-28-25(35)30-20-8-2-7-19(26)11-20/h2-3,6-9,11,14,17H,4-5,10,12-13,15H2,1H3,(H2,28,30,35)(H,29,31,34). The molecule has 9 nitrogen and oxygen atoms in total. The molecule has 0 radical (unpaired) electrons. The first-order chi connectivity index (χ1) is 16.9. The number of benzene rings is 1. The number of aromatic nitrogens is 3. The van der Waals surface area contributed by atoms with E-state index in [-0.39, 0.29) is 23.8 Å². The maximum atomic E-state index is 13.3. The predicted octanol–water partition coefficient (Wildman–Crippen LogP) is 2.88. The largest absolute Gasteiger partial charge is 0.342 e. The van der Waals surface area contributed by atoms with Gasteiger partial charge in [-0.3, -0.25) is 14.6 Å². The van der Waals surface area contributed by atoms with Crippen molar-refractivity contribution in [3.63, 3.8) is 0 Å². The Bertz CT molecular complexity index is 1260. The van der Waals surface area contributed by atoms with Gasteiger partial charge in [-0.2, -0.15) is 0 Å². The smallest absolute Gasteiger partial charge is 0.319 e. The molecule has 0 aliphatic carbocycles. The molecule has 0 spiro atoms. The van der Waals surface area contributed by atoms with Gasteiger partial charge in [-0.05, 0) is 56.0 Å². The van der Waals surface area contributed by atoms with Crippen LogP contribution in [0.3, 0.4) is 0 Å². The van der Waals surface area contributed by atoms with Gasteiger partial charge in [0.05, 0.1) is 6.42 Å². The van der Waals surface area contributed by atoms with E-state index in [0.717, 1.165) is 12.8 Å². The molecule has 1 aromatic carbocycles. The van der Waals surface area contributed by atoms with Crippen LogP contribution in [-0.2, 0) is 11.2 Å². The van der Waals surface area contributed by atoms with Gasteiger partial charge in [-0.25, -0.2) is 14.2 Å². The van der Waals surface area contributed by atoms with Crippen molar-refractivity contribution in [1.29, 1.82) is 0 Å². The molecule has 2 aromatic heterocycles. The number of nitrogens with one attached hydrogen (secondary N) is 3. The summed E-state index contributed by atoms with van der Waals surface area (Å²) in [7, 11) is 0. The summed E-state index contributed by atoms with van der Waals surface area (Å²) in [5.74, 6) is -0.0856. The highest BCUT2D eigenvalue weighted by atomic mass is 19.1. The summed E-state index contributed by atoms with van der Waals surface area (Å²) in [4.78, 5) is 50.8. The molecule has 10 heteroatoms. The van der Waals surface area contributed by atoms with E-state index in [2.05, 4.69) is 25.6 Å². The van der Waals surface area contributed by atoms with E-state index in [9.17, 15) is 18.8 Å². The fourth-order valence-electron chi connectivity index (χ4n) is 4.16. The van der Waals surface area contributed by atoms with Crippen molar-refractivity contribution in [3.05, 3.63) is 76.2 Å². The van der Waals surface area contributed by atoms with Crippen LogP contribution in [0, 0.1) is 18.7 Å². The minimum Gasteiger partial charge on any atom is -0.342 e. The van der Waals surface area contributed by atoms with E-state index in [1.54, 1.807) is 42.4 Å². The molecule has 1 saturated heterocycles. The molecule has 0 bridgehead atoms. The van der Waals surface area contributed by atoms with Crippen molar-refractivity contribution in [3.8, 4) is 11.4 Å². The lowest BCUT2D eigenvalue weighted by Crippen LogP contribution is -2.45. The second kappa shape index (κ2) is 10.9. The molecule has 3 N–H and O–H groups in total. The van der Waals surface area contributed by atoms with E-state index >= 15 is 0 Å². The molecule has 182 valence electrons. The van der Waals surface area contributed by atoms with E-state index in [1.807, 2.05) is 0 Å². The van der Waals surface area contributed by atoms with E-state index in [4.69, 9.17) is 0 Å². The number of aromatic amines is 1. The van der Waals surface area contributed by atoms with E-state index < -0.39 is 11.8 Å². The lowest BCUT2D eigenvalue weighted by molar-refractivity contribution is -0.132. The third-order valence-corrected chi connectivity index (χ3v) is 5.99. The zero-order valence-corrected chi connectivity index (χ0v) is 19.4. The van der Waals surface area contributed by atoms with Crippen LogP contribution in [0.5, 0.6) is 0 Å². The first kappa shape index (κ1) is 24.1. The first-order valence-corrected chi connectivity index (χ1v) is 11.5. The Morgan fingerprint density at radius 3 is 2.86 bits per heavy atom. The van der Waals surface area contributed by atoms with Crippen molar-refractivity contribution in [2.75, 3.05) is 25.0 Å². The van der Waals surface area contributed by atoms with Gasteiger partial charge in [0.2, 0.25) is 5.91 Å². The number of hydrogen-bond acceptors (Lipinski definition) is 5. The number of pyridine rings is 1. The highest BCUT2D eigenvalue weighted by Crippen LogP contribution is 2.18. The number of halogens is 1. The highest BCUT2D eigenvalue weighted by molar-refractivity contribution is 5.89. The van der Waals surface area contributed by atoms with Gasteiger partial charge in [0.25, 0.3) is 5.56 Å². The molecule has 1 aliphatic rings. The van der Waals surface area contributed by atoms with Crippen molar-refractivity contribution in [2.24, 2.45) is 5.92 Å². The third kappa shape index (κ3) is 6.28. The minimum absolute atomic E-state index is 0.0400. The first-order valence-electron chi connectivity index (χ1n) is 11.5. The number of amides is 3. The Balaban J connectivity index is 1.33. The number of likely N-dealkylation sites (tertiary alicyclic amines) is 1. The van der Waals surface area contributed by atoms with Crippen LogP contribution >= 0.6 is 0 Å². The number of piperidine rings is 1. The molecule has 1 atom stereocenters. The van der Waals surface area contributed by atoms with Crippen LogP contribution in [-0.4, -0.2) is 51.4 Å².